The van der Waals surface area contributed by atoms with Crippen LogP contribution in [0.4, 0.5) is 0 Å². The highest BCUT2D eigenvalue weighted by Gasteiger charge is 2.52. The molecule has 0 amide bonds. The number of rotatable bonds is 9. The predicted octanol–water partition coefficient (Wildman–Crippen LogP) is 6.59. The van der Waals surface area contributed by atoms with E-state index in [1.54, 1.807) is 6.07 Å². The second-order valence-electron chi connectivity index (χ2n) is 12.5. The first-order chi connectivity index (χ1) is 17.1. The number of halogens is 2. The quantitative estimate of drug-likeness (QED) is 0.191. The van der Waals surface area contributed by atoms with E-state index in [1.165, 1.54) is 0 Å². The third-order valence-corrected chi connectivity index (χ3v) is 14.2. The molecule has 2 aliphatic heterocycles. The molecule has 0 bridgehead atoms. The molecule has 0 unspecified atom stereocenters. The van der Waals surface area contributed by atoms with Crippen LogP contribution in [0.3, 0.4) is 0 Å². The molecule has 4 rings (SSSR count). The van der Waals surface area contributed by atoms with E-state index in [4.69, 9.17) is 47.9 Å². The normalized spacial score (nSPS) is 25.4. The molecular weight excluding hydrogens is 535 g/mol. The van der Waals surface area contributed by atoms with Gasteiger partial charge in [0.25, 0.3) is 0 Å². The van der Waals surface area contributed by atoms with Gasteiger partial charge in [-0.2, -0.15) is 0 Å². The van der Waals surface area contributed by atoms with Crippen LogP contribution in [0.25, 0.3) is 11.0 Å². The van der Waals surface area contributed by atoms with Gasteiger partial charge in [-0.15, -0.1) is 0 Å². The van der Waals surface area contributed by atoms with Crippen LogP contribution in [0.15, 0.2) is 12.1 Å². The summed E-state index contributed by atoms with van der Waals surface area (Å²) in [7, 11) is -3.23. The molecule has 0 aromatic carbocycles. The summed E-state index contributed by atoms with van der Waals surface area (Å²) in [6, 6.07) is 2.91. The second-order valence-corrected chi connectivity index (χ2v) is 23.6. The van der Waals surface area contributed by atoms with E-state index in [1.807, 2.05) is 4.57 Å². The van der Waals surface area contributed by atoms with E-state index >= 15 is 0 Å². The van der Waals surface area contributed by atoms with Gasteiger partial charge >= 0.3 is 0 Å². The molecule has 11 heteroatoms. The van der Waals surface area contributed by atoms with Crippen molar-refractivity contribution in [2.45, 2.75) is 95.7 Å². The highest BCUT2D eigenvalue weighted by Crippen LogP contribution is 2.41. The maximum atomic E-state index is 8.58. The van der Waals surface area contributed by atoms with Crippen molar-refractivity contribution in [2.75, 3.05) is 19.8 Å². The molecule has 2 aromatic heterocycles. The molecule has 0 saturated carbocycles. The highest BCUT2D eigenvalue weighted by molar-refractivity contribution is 6.76. The number of nitrogens with zero attached hydrogens (tertiary/aromatic N) is 2. The lowest BCUT2D eigenvalue weighted by molar-refractivity contribution is 0.00859. The fourth-order valence-corrected chi connectivity index (χ4v) is 6.48. The summed E-state index contributed by atoms with van der Waals surface area (Å²) in [5, 5.41) is 0.298. The van der Waals surface area contributed by atoms with Gasteiger partial charge in [0.1, 0.15) is 24.1 Å². The summed E-state index contributed by atoms with van der Waals surface area (Å²) in [6.07, 6.45) is -0.874. The fourth-order valence-electron chi connectivity index (χ4n) is 4.14. The molecule has 4 atom stereocenters. The van der Waals surface area contributed by atoms with Gasteiger partial charge in [0.05, 0.1) is 36.7 Å². The third-order valence-electron chi connectivity index (χ3n) is 7.37. The molecule has 2 aromatic rings. The van der Waals surface area contributed by atoms with Crippen LogP contribution in [-0.2, 0) is 25.4 Å². The molecule has 0 N–H and O–H groups in total. The Bertz CT molecular complexity index is 1140. The van der Waals surface area contributed by atoms with Gasteiger partial charge < -0.3 is 23.4 Å². The maximum Gasteiger partial charge on any atom is 0.198 e. The average molecular weight is 577 g/mol. The number of fused-ring (bicyclic) bond motifs is 2. The first kappa shape index (κ1) is 26.9. The first-order valence-electron chi connectivity index (χ1n) is 13.1. The zero-order valence-corrected chi connectivity index (χ0v) is 26.1. The molecule has 0 radical (unpaired) electrons. The van der Waals surface area contributed by atoms with E-state index in [9.17, 15) is 0 Å². The summed E-state index contributed by atoms with van der Waals surface area (Å²) >= 11 is 12.5. The zero-order chi connectivity index (χ0) is 27.3. The standard InChI is InChI=1S/C25H40Cl2N2O5Si2/c1-25(2,3)36(7,8)34-20-14-32-22-19(13-31-23(20)22)33-21-12-17-18(11-16(26)24(27)28-17)29(21)15-30-9-10-35(4,5)6/h11-12,19-20,22-23H,9-10,13-15H2,1-8H3/t19-,20-,22-,23-/m1/s1/i11D. The summed E-state index contributed by atoms with van der Waals surface area (Å²) in [6.45, 7) is 19.8. The molecule has 2 aliphatic rings. The van der Waals surface area contributed by atoms with Crippen molar-refractivity contribution in [3.05, 3.63) is 22.3 Å². The van der Waals surface area contributed by atoms with E-state index in [-0.39, 0.29) is 52.4 Å². The minimum absolute atomic E-state index is 0.0940. The first-order valence-corrected chi connectivity index (χ1v) is 20.0. The SMILES string of the molecule is [2H]c1c(Cl)c(Cl)nc2cc(O[C@@H]3CO[C@H]4[C@@H]3OC[C@H]4O[Si](C)(C)C(C)(C)C)n(COCC[Si](C)(C)C)c12. The molecule has 0 spiro atoms. The predicted molar refractivity (Wildman–Crippen MR) is 150 cm³/mol. The molecule has 2 saturated heterocycles. The van der Waals surface area contributed by atoms with Crippen molar-refractivity contribution in [1.82, 2.24) is 9.55 Å². The Morgan fingerprint density at radius 1 is 1.11 bits per heavy atom. The van der Waals surface area contributed by atoms with Crippen molar-refractivity contribution in [1.29, 1.82) is 0 Å². The van der Waals surface area contributed by atoms with Gasteiger partial charge in [-0.05, 0) is 30.2 Å². The summed E-state index contributed by atoms with van der Waals surface area (Å²) < 4.78 is 41.8. The minimum Gasteiger partial charge on any atom is -0.470 e. The van der Waals surface area contributed by atoms with Crippen LogP contribution in [0.2, 0.25) is 54.0 Å². The third kappa shape index (κ3) is 6.14. The summed E-state index contributed by atoms with van der Waals surface area (Å²) in [4.78, 5) is 4.39. The van der Waals surface area contributed by atoms with Crippen molar-refractivity contribution >= 4 is 50.6 Å². The molecule has 202 valence electrons. The van der Waals surface area contributed by atoms with Gasteiger partial charge in [-0.25, -0.2) is 4.98 Å². The van der Waals surface area contributed by atoms with Gasteiger partial charge in [-0.3, -0.25) is 4.57 Å². The van der Waals surface area contributed by atoms with Crippen LogP contribution < -0.4 is 4.74 Å². The minimum atomic E-state index is -1.98. The topological polar surface area (TPSA) is 64.0 Å². The van der Waals surface area contributed by atoms with Gasteiger partial charge in [0.15, 0.2) is 20.3 Å². The maximum absolute atomic E-state index is 8.58. The lowest BCUT2D eigenvalue weighted by Gasteiger charge is -2.39. The number of pyridine rings is 1. The number of hydrogen-bond donors (Lipinski definition) is 0. The average Bonchev–Trinajstić information content (AvgIpc) is 3.44. The van der Waals surface area contributed by atoms with Crippen LogP contribution in [0.1, 0.15) is 22.1 Å². The Labute approximate surface area is 228 Å². The van der Waals surface area contributed by atoms with Crippen LogP contribution in [0, 0.1) is 0 Å². The van der Waals surface area contributed by atoms with Crippen molar-refractivity contribution in [3.8, 4) is 5.88 Å². The van der Waals surface area contributed by atoms with Crippen molar-refractivity contribution < 1.29 is 24.7 Å². The van der Waals surface area contributed by atoms with E-state index < -0.39 is 16.4 Å². The largest absolute Gasteiger partial charge is 0.470 e. The number of hydrogen-bond acceptors (Lipinski definition) is 6. The monoisotopic (exact) mass is 575 g/mol. The molecule has 0 aliphatic carbocycles. The lowest BCUT2D eigenvalue weighted by atomic mass is 10.1. The Kier molecular flexibility index (Phi) is 7.84. The van der Waals surface area contributed by atoms with E-state index in [0.29, 0.717) is 36.7 Å². The molecule has 4 heterocycles. The number of ether oxygens (including phenoxy) is 4. The second kappa shape index (κ2) is 10.5. The van der Waals surface area contributed by atoms with Crippen molar-refractivity contribution in [2.24, 2.45) is 0 Å². The van der Waals surface area contributed by atoms with Gasteiger partial charge in [-0.1, -0.05) is 63.6 Å². The van der Waals surface area contributed by atoms with Gasteiger partial charge in [0.2, 0.25) is 0 Å². The highest BCUT2D eigenvalue weighted by atomic mass is 35.5. The van der Waals surface area contributed by atoms with E-state index in [2.05, 4.69) is 58.5 Å². The summed E-state index contributed by atoms with van der Waals surface area (Å²) in [5.41, 5.74) is 1.06. The van der Waals surface area contributed by atoms with Crippen LogP contribution >= 0.6 is 23.2 Å². The number of aromatic nitrogens is 2. The Morgan fingerprint density at radius 3 is 2.39 bits per heavy atom. The zero-order valence-electron chi connectivity index (χ0n) is 23.6. The Balaban J connectivity index is 1.54. The summed E-state index contributed by atoms with van der Waals surface area (Å²) in [5.74, 6) is 0.522. The van der Waals surface area contributed by atoms with Crippen LogP contribution in [0.5, 0.6) is 5.88 Å². The van der Waals surface area contributed by atoms with Crippen molar-refractivity contribution in [3.63, 3.8) is 0 Å². The molecule has 2 fully saturated rings. The Morgan fingerprint density at radius 2 is 1.75 bits per heavy atom. The Hall–Kier alpha value is -0.656. The fraction of sp³-hybridized carbons (Fsp3) is 0.720. The van der Waals surface area contributed by atoms with E-state index in [0.717, 1.165) is 6.04 Å². The molecule has 36 heavy (non-hydrogen) atoms. The van der Waals surface area contributed by atoms with Gasteiger partial charge in [0, 0.05) is 20.7 Å². The lowest BCUT2D eigenvalue weighted by Crippen LogP contribution is -2.47. The smallest absolute Gasteiger partial charge is 0.198 e. The van der Waals surface area contributed by atoms with Crippen LogP contribution in [-0.4, -0.2) is 70.2 Å². The molecule has 7 nitrogen and oxygen atoms in total. The molecular formula is C25H40Cl2N2O5Si2.